The molecule has 1 N–H and O–H groups in total. The van der Waals surface area contributed by atoms with Crippen molar-refractivity contribution in [2.75, 3.05) is 13.7 Å². The molecular weight excluding hydrogens is 236 g/mol. The molecule has 0 aliphatic rings. The van der Waals surface area contributed by atoms with Gasteiger partial charge >= 0.3 is 11.9 Å². The highest BCUT2D eigenvalue weighted by Gasteiger charge is 2.07. The Kier molecular flexibility index (Phi) is 5.70. The number of methoxy groups -OCH3 is 1. The van der Waals surface area contributed by atoms with Crippen LogP contribution in [-0.2, 0) is 20.7 Å². The Bertz CT molecular complexity index is 414. The smallest absolute Gasteiger partial charge is 0.306 e. The van der Waals surface area contributed by atoms with Crippen molar-refractivity contribution in [2.24, 2.45) is 0 Å². The van der Waals surface area contributed by atoms with E-state index in [9.17, 15) is 9.59 Å². The fourth-order valence-electron chi connectivity index (χ4n) is 1.47. The number of carbonyl (C=O) groups excluding carboxylic acids is 1. The van der Waals surface area contributed by atoms with Crippen LogP contribution in [0.4, 0.5) is 0 Å². The van der Waals surface area contributed by atoms with Gasteiger partial charge in [0, 0.05) is 6.42 Å². The number of carboxylic acid groups (broad SMARTS) is 1. The first kappa shape index (κ1) is 14.0. The monoisotopic (exact) mass is 252 g/mol. The fraction of sp³-hybridized carbons (Fsp3) is 0.385. The molecule has 1 rings (SSSR count). The first-order valence-corrected chi connectivity index (χ1v) is 5.63. The van der Waals surface area contributed by atoms with E-state index >= 15 is 0 Å². The van der Waals surface area contributed by atoms with Crippen molar-refractivity contribution in [1.82, 2.24) is 0 Å². The number of aliphatic carboxylic acids is 1. The molecule has 0 spiro atoms. The van der Waals surface area contributed by atoms with E-state index in [4.69, 9.17) is 14.6 Å². The van der Waals surface area contributed by atoms with Crippen molar-refractivity contribution >= 4 is 11.9 Å². The number of rotatable bonds is 7. The largest absolute Gasteiger partial charge is 0.496 e. The summed E-state index contributed by atoms with van der Waals surface area (Å²) in [5, 5.41) is 8.41. The Morgan fingerprint density at radius 1 is 1.22 bits per heavy atom. The van der Waals surface area contributed by atoms with Crippen molar-refractivity contribution in [3.8, 4) is 5.75 Å². The predicted octanol–water partition coefficient (Wildman–Crippen LogP) is 1.65. The van der Waals surface area contributed by atoms with Crippen LogP contribution in [0, 0.1) is 0 Å². The minimum atomic E-state index is -1.00. The van der Waals surface area contributed by atoms with Gasteiger partial charge in [-0.2, -0.15) is 0 Å². The van der Waals surface area contributed by atoms with Crippen LogP contribution in [0.1, 0.15) is 18.4 Å². The lowest BCUT2D eigenvalue weighted by molar-refractivity contribution is -0.147. The van der Waals surface area contributed by atoms with Gasteiger partial charge in [0.2, 0.25) is 0 Å². The Morgan fingerprint density at radius 2 is 1.94 bits per heavy atom. The van der Waals surface area contributed by atoms with Gasteiger partial charge in [0.25, 0.3) is 0 Å². The molecule has 0 unspecified atom stereocenters. The van der Waals surface area contributed by atoms with Crippen LogP contribution in [0.2, 0.25) is 0 Å². The highest BCUT2D eigenvalue weighted by molar-refractivity contribution is 5.76. The zero-order valence-electron chi connectivity index (χ0n) is 10.2. The topological polar surface area (TPSA) is 72.8 Å². The summed E-state index contributed by atoms with van der Waals surface area (Å²) in [5.74, 6) is -0.747. The zero-order chi connectivity index (χ0) is 13.4. The molecule has 0 radical (unpaired) electrons. The van der Waals surface area contributed by atoms with Gasteiger partial charge in [-0.25, -0.2) is 0 Å². The van der Waals surface area contributed by atoms with E-state index in [0.717, 1.165) is 11.3 Å². The van der Waals surface area contributed by atoms with E-state index in [1.54, 1.807) is 7.11 Å². The molecule has 5 heteroatoms. The van der Waals surface area contributed by atoms with Crippen LogP contribution in [-0.4, -0.2) is 30.8 Å². The maximum absolute atomic E-state index is 11.2. The quantitative estimate of drug-likeness (QED) is 0.747. The molecular formula is C13H16O5. The molecule has 1 aromatic carbocycles. The molecule has 0 bridgehead atoms. The molecule has 18 heavy (non-hydrogen) atoms. The van der Waals surface area contributed by atoms with Crippen molar-refractivity contribution < 1.29 is 24.2 Å². The third-order valence-electron chi connectivity index (χ3n) is 2.37. The number of benzene rings is 1. The molecule has 1 aromatic rings. The second kappa shape index (κ2) is 7.32. The normalized spacial score (nSPS) is 9.83. The molecule has 0 fully saturated rings. The second-order valence-corrected chi connectivity index (χ2v) is 3.68. The Morgan fingerprint density at radius 3 is 2.61 bits per heavy atom. The average molecular weight is 252 g/mol. The van der Waals surface area contributed by atoms with Crippen molar-refractivity contribution in [1.29, 1.82) is 0 Å². The van der Waals surface area contributed by atoms with Crippen LogP contribution in [0.5, 0.6) is 5.75 Å². The summed E-state index contributed by atoms with van der Waals surface area (Å²) in [6.45, 7) is 0.221. The summed E-state index contributed by atoms with van der Waals surface area (Å²) in [6.07, 6.45) is 0.248. The summed E-state index contributed by atoms with van der Waals surface area (Å²) in [7, 11) is 1.58. The van der Waals surface area contributed by atoms with Gasteiger partial charge in [-0.1, -0.05) is 18.2 Å². The first-order valence-electron chi connectivity index (χ1n) is 5.63. The van der Waals surface area contributed by atoms with Gasteiger partial charge in [0.15, 0.2) is 0 Å². The lowest BCUT2D eigenvalue weighted by Crippen LogP contribution is -2.10. The fourth-order valence-corrected chi connectivity index (χ4v) is 1.47. The Hall–Kier alpha value is -2.04. The molecule has 0 amide bonds. The minimum Gasteiger partial charge on any atom is -0.496 e. The summed E-state index contributed by atoms with van der Waals surface area (Å²) in [6, 6.07) is 7.47. The third kappa shape index (κ3) is 4.86. The lowest BCUT2D eigenvalue weighted by atomic mass is 10.1. The Labute approximate surface area is 105 Å². The SMILES string of the molecule is COc1ccccc1CCOC(=O)CCC(=O)O. The number of hydrogen-bond donors (Lipinski definition) is 1. The van der Waals surface area contributed by atoms with Gasteiger partial charge in [-0.15, -0.1) is 0 Å². The van der Waals surface area contributed by atoms with E-state index in [0.29, 0.717) is 6.42 Å². The molecule has 98 valence electrons. The van der Waals surface area contributed by atoms with Gasteiger partial charge in [0.05, 0.1) is 26.6 Å². The van der Waals surface area contributed by atoms with Gasteiger partial charge < -0.3 is 14.6 Å². The number of carbonyl (C=O) groups is 2. The standard InChI is InChI=1S/C13H16O5/c1-17-11-5-3-2-4-10(11)8-9-18-13(16)7-6-12(14)15/h2-5H,6-9H2,1H3,(H,14,15). The van der Waals surface area contributed by atoms with E-state index in [2.05, 4.69) is 0 Å². The van der Waals surface area contributed by atoms with Crippen molar-refractivity contribution in [2.45, 2.75) is 19.3 Å². The highest BCUT2D eigenvalue weighted by atomic mass is 16.5. The summed E-state index contributed by atoms with van der Waals surface area (Å²) in [5.41, 5.74) is 0.950. The van der Waals surface area contributed by atoms with Crippen LogP contribution >= 0.6 is 0 Å². The number of para-hydroxylation sites is 1. The molecule has 0 saturated carbocycles. The Balaban J connectivity index is 2.33. The maximum Gasteiger partial charge on any atom is 0.306 e. The van der Waals surface area contributed by atoms with E-state index in [1.807, 2.05) is 24.3 Å². The molecule has 0 atom stereocenters. The van der Waals surface area contributed by atoms with Gasteiger partial charge in [-0.3, -0.25) is 9.59 Å². The number of carboxylic acids is 1. The molecule has 0 aliphatic carbocycles. The van der Waals surface area contributed by atoms with Crippen LogP contribution in [0.25, 0.3) is 0 Å². The minimum absolute atomic E-state index is 0.0960. The maximum atomic E-state index is 11.2. The lowest BCUT2D eigenvalue weighted by Gasteiger charge is -2.08. The molecule has 0 heterocycles. The summed E-state index contributed by atoms with van der Waals surface area (Å²) in [4.78, 5) is 21.4. The average Bonchev–Trinajstić information content (AvgIpc) is 2.37. The zero-order valence-corrected chi connectivity index (χ0v) is 10.2. The third-order valence-corrected chi connectivity index (χ3v) is 2.37. The van der Waals surface area contributed by atoms with Gasteiger partial charge in [-0.05, 0) is 11.6 Å². The van der Waals surface area contributed by atoms with Gasteiger partial charge in [0.1, 0.15) is 5.75 Å². The summed E-state index contributed by atoms with van der Waals surface area (Å²) >= 11 is 0. The molecule has 0 aromatic heterocycles. The number of hydrogen-bond acceptors (Lipinski definition) is 4. The van der Waals surface area contributed by atoms with E-state index < -0.39 is 11.9 Å². The van der Waals surface area contributed by atoms with Crippen LogP contribution in [0.15, 0.2) is 24.3 Å². The molecule has 0 aliphatic heterocycles. The van der Waals surface area contributed by atoms with Crippen LogP contribution < -0.4 is 4.74 Å². The van der Waals surface area contributed by atoms with Crippen molar-refractivity contribution in [3.63, 3.8) is 0 Å². The number of ether oxygens (including phenoxy) is 2. The highest BCUT2D eigenvalue weighted by Crippen LogP contribution is 2.17. The summed E-state index contributed by atoms with van der Waals surface area (Å²) < 4.78 is 10.1. The van der Waals surface area contributed by atoms with E-state index in [1.165, 1.54) is 0 Å². The first-order chi connectivity index (χ1) is 8.63. The molecule has 5 nitrogen and oxygen atoms in total. The van der Waals surface area contributed by atoms with E-state index in [-0.39, 0.29) is 19.4 Å². The number of esters is 1. The van der Waals surface area contributed by atoms with Crippen LogP contribution in [0.3, 0.4) is 0 Å². The predicted molar refractivity (Wildman–Crippen MR) is 64.5 cm³/mol. The second-order valence-electron chi connectivity index (χ2n) is 3.68. The van der Waals surface area contributed by atoms with Crippen molar-refractivity contribution in [3.05, 3.63) is 29.8 Å². The molecule has 0 saturated heterocycles.